The zero-order chi connectivity index (χ0) is 9.68. The van der Waals surface area contributed by atoms with E-state index < -0.39 is 0 Å². The van der Waals surface area contributed by atoms with Gasteiger partial charge in [-0.25, -0.2) is 0 Å². The van der Waals surface area contributed by atoms with Gasteiger partial charge in [0.1, 0.15) is 0 Å². The fraction of sp³-hybridized carbons (Fsp3) is 0.900. The van der Waals surface area contributed by atoms with Gasteiger partial charge in [-0.05, 0) is 19.3 Å². The van der Waals surface area contributed by atoms with E-state index in [0.29, 0.717) is 18.5 Å². The van der Waals surface area contributed by atoms with Crippen molar-refractivity contribution in [2.24, 2.45) is 0 Å². The van der Waals surface area contributed by atoms with Crippen LogP contribution in [0.25, 0.3) is 0 Å². The topological polar surface area (TPSA) is 41.1 Å². The van der Waals surface area contributed by atoms with Crippen molar-refractivity contribution in [3.63, 3.8) is 0 Å². The van der Waals surface area contributed by atoms with Crippen LogP contribution in [0.1, 0.15) is 39.5 Å². The lowest BCUT2D eigenvalue weighted by molar-refractivity contribution is -0.119. The van der Waals surface area contributed by atoms with E-state index in [-0.39, 0.29) is 5.91 Å². The lowest BCUT2D eigenvalue weighted by Gasteiger charge is -2.17. The first-order valence-corrected chi connectivity index (χ1v) is 5.29. The number of carbonyl (C=O) groups is 1. The van der Waals surface area contributed by atoms with E-state index in [1.165, 1.54) is 0 Å². The Kier molecular flexibility index (Phi) is 4.22. The monoisotopic (exact) mass is 184 g/mol. The summed E-state index contributed by atoms with van der Waals surface area (Å²) in [4.78, 5) is 10.9. The predicted octanol–water partition coefficient (Wildman–Crippen LogP) is 1.04. The van der Waals surface area contributed by atoms with E-state index in [1.54, 1.807) is 0 Å². The highest BCUT2D eigenvalue weighted by Gasteiger charge is 2.20. The molecule has 1 unspecified atom stereocenters. The van der Waals surface area contributed by atoms with Crippen LogP contribution >= 0.6 is 0 Å². The van der Waals surface area contributed by atoms with Gasteiger partial charge in [0.05, 0.1) is 0 Å². The normalized spacial score (nSPS) is 22.4. The number of nitrogens with one attached hydrogen (secondary N) is 2. The predicted molar refractivity (Wildman–Crippen MR) is 53.5 cm³/mol. The fourth-order valence-electron chi connectivity index (χ4n) is 1.72. The highest BCUT2D eigenvalue weighted by molar-refractivity contribution is 5.78. The molecule has 1 amide bonds. The quantitative estimate of drug-likeness (QED) is 0.670. The molecule has 1 heterocycles. The molecule has 0 saturated carbocycles. The Labute approximate surface area is 80.3 Å². The molecule has 2 N–H and O–H groups in total. The Morgan fingerprint density at radius 1 is 1.54 bits per heavy atom. The molecule has 1 rings (SSSR count). The number of carbonyl (C=O) groups excluding carboxylic acids is 1. The van der Waals surface area contributed by atoms with Crippen LogP contribution in [0.5, 0.6) is 0 Å². The third kappa shape index (κ3) is 3.35. The molecule has 0 aromatic heterocycles. The lowest BCUT2D eigenvalue weighted by Crippen LogP contribution is -2.40. The van der Waals surface area contributed by atoms with E-state index in [4.69, 9.17) is 0 Å². The van der Waals surface area contributed by atoms with Crippen LogP contribution in [0.2, 0.25) is 0 Å². The van der Waals surface area contributed by atoms with Crippen LogP contribution in [0, 0.1) is 0 Å². The zero-order valence-electron chi connectivity index (χ0n) is 8.60. The standard InChI is InChI=1S/C10H20N2O/c1-3-8(4-2)11-7-9-5-6-10(13)12-9/h8-9,11H,3-7H2,1-2H3,(H,12,13). The van der Waals surface area contributed by atoms with E-state index in [1.807, 2.05) is 0 Å². The Morgan fingerprint density at radius 3 is 2.69 bits per heavy atom. The molecule has 0 bridgehead atoms. The van der Waals surface area contributed by atoms with Crippen molar-refractivity contribution in [2.75, 3.05) is 6.54 Å². The van der Waals surface area contributed by atoms with Crippen LogP contribution in [-0.4, -0.2) is 24.5 Å². The van der Waals surface area contributed by atoms with Crippen LogP contribution < -0.4 is 10.6 Å². The molecule has 0 aromatic rings. The van der Waals surface area contributed by atoms with Crippen molar-refractivity contribution in [1.82, 2.24) is 10.6 Å². The van der Waals surface area contributed by atoms with Crippen molar-refractivity contribution in [3.05, 3.63) is 0 Å². The highest BCUT2D eigenvalue weighted by atomic mass is 16.1. The summed E-state index contributed by atoms with van der Waals surface area (Å²) in [6.45, 7) is 5.31. The summed E-state index contributed by atoms with van der Waals surface area (Å²) in [6, 6.07) is 0.977. The molecule has 1 atom stereocenters. The van der Waals surface area contributed by atoms with Crippen molar-refractivity contribution in [1.29, 1.82) is 0 Å². The smallest absolute Gasteiger partial charge is 0.220 e. The minimum absolute atomic E-state index is 0.205. The Bertz CT molecular complexity index is 166. The molecule has 0 radical (unpaired) electrons. The van der Waals surface area contributed by atoms with Crippen molar-refractivity contribution in [3.8, 4) is 0 Å². The fourth-order valence-corrected chi connectivity index (χ4v) is 1.72. The first-order chi connectivity index (χ1) is 6.26. The van der Waals surface area contributed by atoms with Gasteiger partial charge in [0, 0.05) is 25.0 Å². The molecular formula is C10H20N2O. The van der Waals surface area contributed by atoms with Crippen LogP contribution in [-0.2, 0) is 4.79 Å². The zero-order valence-corrected chi connectivity index (χ0v) is 8.60. The van der Waals surface area contributed by atoms with E-state index in [0.717, 1.165) is 25.8 Å². The average Bonchev–Trinajstić information content (AvgIpc) is 2.53. The van der Waals surface area contributed by atoms with Gasteiger partial charge in [0.15, 0.2) is 0 Å². The van der Waals surface area contributed by atoms with Gasteiger partial charge in [0.25, 0.3) is 0 Å². The molecule has 3 nitrogen and oxygen atoms in total. The van der Waals surface area contributed by atoms with Crippen LogP contribution in [0.3, 0.4) is 0 Å². The third-order valence-corrected chi connectivity index (χ3v) is 2.72. The molecule has 13 heavy (non-hydrogen) atoms. The summed E-state index contributed by atoms with van der Waals surface area (Å²) in [6.07, 6.45) is 4.02. The molecule has 0 aliphatic carbocycles. The Balaban J connectivity index is 2.14. The molecule has 1 fully saturated rings. The first-order valence-electron chi connectivity index (χ1n) is 5.29. The van der Waals surface area contributed by atoms with E-state index in [2.05, 4.69) is 24.5 Å². The highest BCUT2D eigenvalue weighted by Crippen LogP contribution is 2.06. The van der Waals surface area contributed by atoms with Crippen LogP contribution in [0.15, 0.2) is 0 Å². The second-order valence-electron chi connectivity index (χ2n) is 3.72. The molecule has 1 aliphatic rings. The SMILES string of the molecule is CCC(CC)NCC1CCC(=O)N1. The maximum atomic E-state index is 10.9. The summed E-state index contributed by atoms with van der Waals surface area (Å²) in [7, 11) is 0. The van der Waals surface area contributed by atoms with Gasteiger partial charge in [-0.15, -0.1) is 0 Å². The molecule has 3 heteroatoms. The van der Waals surface area contributed by atoms with Crippen molar-refractivity contribution < 1.29 is 4.79 Å². The first kappa shape index (κ1) is 10.5. The van der Waals surface area contributed by atoms with Gasteiger partial charge in [-0.2, -0.15) is 0 Å². The minimum atomic E-state index is 0.205. The van der Waals surface area contributed by atoms with E-state index in [9.17, 15) is 4.79 Å². The lowest BCUT2D eigenvalue weighted by atomic mass is 10.1. The summed E-state index contributed by atoms with van der Waals surface area (Å²) < 4.78 is 0. The van der Waals surface area contributed by atoms with Crippen molar-refractivity contribution >= 4 is 5.91 Å². The maximum absolute atomic E-state index is 10.9. The number of amides is 1. The Hall–Kier alpha value is -0.570. The van der Waals surface area contributed by atoms with Crippen molar-refractivity contribution in [2.45, 2.75) is 51.6 Å². The third-order valence-electron chi connectivity index (χ3n) is 2.72. The summed E-state index contributed by atoms with van der Waals surface area (Å²) >= 11 is 0. The largest absolute Gasteiger partial charge is 0.352 e. The van der Waals surface area contributed by atoms with Crippen LogP contribution in [0.4, 0.5) is 0 Å². The second-order valence-corrected chi connectivity index (χ2v) is 3.72. The van der Waals surface area contributed by atoms with Gasteiger partial charge >= 0.3 is 0 Å². The molecule has 0 spiro atoms. The van der Waals surface area contributed by atoms with E-state index >= 15 is 0 Å². The molecule has 76 valence electrons. The molecule has 0 aromatic carbocycles. The number of hydrogen-bond acceptors (Lipinski definition) is 2. The number of rotatable bonds is 5. The second kappa shape index (κ2) is 5.22. The number of hydrogen-bond donors (Lipinski definition) is 2. The Morgan fingerprint density at radius 2 is 2.23 bits per heavy atom. The van der Waals surface area contributed by atoms with Gasteiger partial charge in [-0.3, -0.25) is 4.79 Å². The van der Waals surface area contributed by atoms with Gasteiger partial charge < -0.3 is 10.6 Å². The summed E-state index contributed by atoms with van der Waals surface area (Å²) in [5.41, 5.74) is 0. The molecule has 1 aliphatic heterocycles. The summed E-state index contributed by atoms with van der Waals surface area (Å²) in [5, 5.41) is 6.42. The van der Waals surface area contributed by atoms with Gasteiger partial charge in [0.2, 0.25) is 5.91 Å². The maximum Gasteiger partial charge on any atom is 0.220 e. The molecular weight excluding hydrogens is 164 g/mol. The summed E-state index contributed by atoms with van der Waals surface area (Å²) in [5.74, 6) is 0.205. The average molecular weight is 184 g/mol. The molecule has 1 saturated heterocycles. The minimum Gasteiger partial charge on any atom is -0.352 e. The van der Waals surface area contributed by atoms with Gasteiger partial charge in [-0.1, -0.05) is 13.8 Å².